The van der Waals surface area contributed by atoms with E-state index >= 15 is 0 Å². The van der Waals surface area contributed by atoms with Gasteiger partial charge in [-0.15, -0.1) is 0 Å². The van der Waals surface area contributed by atoms with E-state index in [0.29, 0.717) is 31.2 Å². The van der Waals surface area contributed by atoms with Crippen LogP contribution in [0.3, 0.4) is 0 Å². The van der Waals surface area contributed by atoms with Crippen molar-refractivity contribution in [2.24, 2.45) is 0 Å². The van der Waals surface area contributed by atoms with E-state index in [1.165, 1.54) is 6.33 Å². The largest absolute Gasteiger partial charge is 0.486 e. The number of aromatic nitrogens is 3. The number of hydrogen-bond donors (Lipinski definition) is 1. The van der Waals surface area contributed by atoms with Gasteiger partial charge in [0, 0.05) is 17.3 Å². The second-order valence-corrected chi connectivity index (χ2v) is 3.79. The van der Waals surface area contributed by atoms with Gasteiger partial charge in [-0.25, -0.2) is 9.67 Å². The minimum atomic E-state index is 0.564. The Bertz CT molecular complexity index is 525. The van der Waals surface area contributed by atoms with E-state index < -0.39 is 0 Å². The first kappa shape index (κ1) is 9.95. The number of hydrogen-bond acceptors (Lipinski definition) is 5. The summed E-state index contributed by atoms with van der Waals surface area (Å²) in [7, 11) is 0. The van der Waals surface area contributed by atoms with Crippen molar-refractivity contribution in [1.82, 2.24) is 14.8 Å². The van der Waals surface area contributed by atoms with Gasteiger partial charge in [0.25, 0.3) is 0 Å². The predicted molar refractivity (Wildman–Crippen MR) is 61.0 cm³/mol. The molecule has 17 heavy (non-hydrogen) atoms. The van der Waals surface area contributed by atoms with Crippen molar-refractivity contribution >= 4 is 5.69 Å². The highest BCUT2D eigenvalue weighted by atomic mass is 16.6. The van der Waals surface area contributed by atoms with Crippen LogP contribution in [0.4, 0.5) is 5.69 Å². The van der Waals surface area contributed by atoms with Gasteiger partial charge in [0.2, 0.25) is 0 Å². The van der Waals surface area contributed by atoms with E-state index in [4.69, 9.17) is 15.2 Å². The molecular weight excluding hydrogens is 220 g/mol. The van der Waals surface area contributed by atoms with Crippen molar-refractivity contribution in [3.63, 3.8) is 0 Å². The summed E-state index contributed by atoms with van der Waals surface area (Å²) < 4.78 is 12.7. The third kappa shape index (κ3) is 1.89. The molecule has 1 aliphatic rings. The van der Waals surface area contributed by atoms with Crippen LogP contribution in [0.15, 0.2) is 24.8 Å². The molecule has 2 heterocycles. The number of benzene rings is 1. The van der Waals surface area contributed by atoms with Crippen LogP contribution in [0.25, 0.3) is 0 Å². The van der Waals surface area contributed by atoms with Crippen LogP contribution in [0.1, 0.15) is 5.56 Å². The molecule has 1 aromatic carbocycles. The van der Waals surface area contributed by atoms with E-state index in [9.17, 15) is 0 Å². The zero-order valence-corrected chi connectivity index (χ0v) is 9.17. The van der Waals surface area contributed by atoms with Crippen molar-refractivity contribution in [3.05, 3.63) is 30.4 Å². The smallest absolute Gasteiger partial charge is 0.163 e. The second kappa shape index (κ2) is 3.97. The van der Waals surface area contributed by atoms with Crippen LogP contribution in [0.2, 0.25) is 0 Å². The van der Waals surface area contributed by atoms with Crippen LogP contribution in [-0.4, -0.2) is 28.0 Å². The Balaban J connectivity index is 1.94. The Morgan fingerprint density at radius 3 is 2.71 bits per heavy atom. The quantitative estimate of drug-likeness (QED) is 0.770. The zero-order chi connectivity index (χ0) is 11.7. The van der Waals surface area contributed by atoms with Crippen molar-refractivity contribution < 1.29 is 9.47 Å². The highest BCUT2D eigenvalue weighted by Crippen LogP contribution is 2.34. The summed E-state index contributed by atoms with van der Waals surface area (Å²) in [6, 6.07) is 3.69. The van der Waals surface area contributed by atoms with Crippen molar-refractivity contribution in [1.29, 1.82) is 0 Å². The SMILES string of the molecule is Nc1cc2c(cc1Cn1cncn1)OCCO2. The molecule has 1 aromatic heterocycles. The number of ether oxygens (including phenoxy) is 2. The maximum Gasteiger partial charge on any atom is 0.163 e. The standard InChI is InChI=1S/C11H12N4O2/c12-9-4-11-10(16-1-2-17-11)3-8(9)5-15-7-13-6-14-15/h3-4,6-7H,1-2,5,12H2. The van der Waals surface area contributed by atoms with Gasteiger partial charge in [0.15, 0.2) is 11.5 Å². The molecule has 2 aromatic rings. The molecule has 0 amide bonds. The molecule has 0 atom stereocenters. The molecule has 0 bridgehead atoms. The lowest BCUT2D eigenvalue weighted by molar-refractivity contribution is 0.171. The minimum Gasteiger partial charge on any atom is -0.486 e. The van der Waals surface area contributed by atoms with Gasteiger partial charge >= 0.3 is 0 Å². The molecule has 3 rings (SSSR count). The van der Waals surface area contributed by atoms with Gasteiger partial charge in [0.1, 0.15) is 25.9 Å². The summed E-state index contributed by atoms with van der Waals surface area (Å²) in [5, 5.41) is 4.04. The Morgan fingerprint density at radius 2 is 2.00 bits per heavy atom. The van der Waals surface area contributed by atoms with Crippen LogP contribution >= 0.6 is 0 Å². The Kier molecular flexibility index (Phi) is 2.32. The number of rotatable bonds is 2. The first-order chi connectivity index (χ1) is 8.33. The third-order valence-electron chi connectivity index (χ3n) is 2.60. The lowest BCUT2D eigenvalue weighted by Gasteiger charge is -2.20. The maximum atomic E-state index is 5.96. The van der Waals surface area contributed by atoms with Crippen LogP contribution in [0.5, 0.6) is 11.5 Å². The molecule has 2 N–H and O–H groups in total. The van der Waals surface area contributed by atoms with Gasteiger partial charge in [-0.1, -0.05) is 0 Å². The second-order valence-electron chi connectivity index (χ2n) is 3.79. The number of anilines is 1. The fourth-order valence-electron chi connectivity index (χ4n) is 1.77. The number of nitrogen functional groups attached to an aromatic ring is 1. The number of fused-ring (bicyclic) bond motifs is 1. The molecule has 0 fully saturated rings. The molecule has 0 saturated heterocycles. The Hall–Kier alpha value is -2.24. The van der Waals surface area contributed by atoms with Crippen molar-refractivity contribution in [2.45, 2.75) is 6.54 Å². The summed E-state index contributed by atoms with van der Waals surface area (Å²) in [4.78, 5) is 3.89. The molecule has 0 saturated carbocycles. The molecule has 0 radical (unpaired) electrons. The summed E-state index contributed by atoms with van der Waals surface area (Å²) in [6.45, 7) is 1.71. The monoisotopic (exact) mass is 232 g/mol. The summed E-state index contributed by atoms with van der Waals surface area (Å²) in [6.07, 6.45) is 3.14. The average Bonchev–Trinajstić information content (AvgIpc) is 2.83. The molecular formula is C11H12N4O2. The summed E-state index contributed by atoms with van der Waals surface area (Å²) in [5.74, 6) is 1.44. The first-order valence-electron chi connectivity index (χ1n) is 5.33. The fraction of sp³-hybridized carbons (Fsp3) is 0.273. The summed E-state index contributed by atoms with van der Waals surface area (Å²) >= 11 is 0. The summed E-state index contributed by atoms with van der Waals surface area (Å²) in [5.41, 5.74) is 7.58. The van der Waals surface area contributed by atoms with Crippen LogP contribution < -0.4 is 15.2 Å². The van der Waals surface area contributed by atoms with Crippen molar-refractivity contribution in [2.75, 3.05) is 18.9 Å². The Labute approximate surface area is 98.0 Å². The maximum absolute atomic E-state index is 5.96. The lowest BCUT2D eigenvalue weighted by Crippen LogP contribution is -2.16. The van der Waals surface area contributed by atoms with Gasteiger partial charge in [0.05, 0.1) is 6.54 Å². The van der Waals surface area contributed by atoms with Gasteiger partial charge in [-0.2, -0.15) is 5.10 Å². The van der Waals surface area contributed by atoms with E-state index in [2.05, 4.69) is 10.1 Å². The topological polar surface area (TPSA) is 75.2 Å². The van der Waals surface area contributed by atoms with Crippen molar-refractivity contribution in [3.8, 4) is 11.5 Å². The molecule has 88 valence electrons. The number of nitrogens with two attached hydrogens (primary N) is 1. The average molecular weight is 232 g/mol. The highest BCUT2D eigenvalue weighted by Gasteiger charge is 2.14. The lowest BCUT2D eigenvalue weighted by atomic mass is 10.1. The van der Waals surface area contributed by atoms with E-state index in [0.717, 1.165) is 11.3 Å². The van der Waals surface area contributed by atoms with E-state index in [1.54, 1.807) is 17.1 Å². The number of nitrogens with zero attached hydrogens (tertiary/aromatic N) is 3. The predicted octanol–water partition coefficient (Wildman–Crippen LogP) is 0.680. The molecule has 0 aliphatic carbocycles. The normalized spacial score (nSPS) is 13.6. The third-order valence-corrected chi connectivity index (χ3v) is 2.60. The molecule has 0 spiro atoms. The van der Waals surface area contributed by atoms with E-state index in [1.807, 2.05) is 6.07 Å². The molecule has 0 unspecified atom stereocenters. The highest BCUT2D eigenvalue weighted by molar-refractivity contribution is 5.58. The van der Waals surface area contributed by atoms with E-state index in [-0.39, 0.29) is 0 Å². The fourth-order valence-corrected chi connectivity index (χ4v) is 1.77. The first-order valence-corrected chi connectivity index (χ1v) is 5.33. The zero-order valence-electron chi connectivity index (χ0n) is 9.17. The van der Waals surface area contributed by atoms with Gasteiger partial charge in [-0.05, 0) is 6.07 Å². The minimum absolute atomic E-state index is 0.564. The molecule has 1 aliphatic heterocycles. The molecule has 6 nitrogen and oxygen atoms in total. The molecule has 6 heteroatoms. The van der Waals surface area contributed by atoms with Crippen LogP contribution in [-0.2, 0) is 6.54 Å². The van der Waals surface area contributed by atoms with Gasteiger partial charge < -0.3 is 15.2 Å². The Morgan fingerprint density at radius 1 is 1.24 bits per heavy atom. The van der Waals surface area contributed by atoms with Gasteiger partial charge in [-0.3, -0.25) is 0 Å². The van der Waals surface area contributed by atoms with Crippen LogP contribution in [0, 0.1) is 0 Å².